The van der Waals surface area contributed by atoms with E-state index in [2.05, 4.69) is 0 Å². The highest BCUT2D eigenvalue weighted by molar-refractivity contribution is 5.92. The standard InChI is InChI=1S/C14H16FNO2/c1-4-16-8-11(14(2,3)13(17)18)10-6-5-9(15)7-12(10)16/h5-8H,4H2,1-3H3,(H,17,18). The summed E-state index contributed by atoms with van der Waals surface area (Å²) in [5, 5.41) is 10.1. The molecule has 0 radical (unpaired) electrons. The summed E-state index contributed by atoms with van der Waals surface area (Å²) in [6.07, 6.45) is 1.80. The molecule has 0 bridgehead atoms. The number of hydrogen-bond donors (Lipinski definition) is 1. The molecule has 3 nitrogen and oxygen atoms in total. The van der Waals surface area contributed by atoms with Crippen molar-refractivity contribution >= 4 is 16.9 Å². The quantitative estimate of drug-likeness (QED) is 0.907. The fourth-order valence-corrected chi connectivity index (χ4v) is 2.14. The third-order valence-corrected chi connectivity index (χ3v) is 3.39. The Bertz CT molecular complexity index is 614. The van der Waals surface area contributed by atoms with Crippen LogP contribution in [0, 0.1) is 5.82 Å². The minimum absolute atomic E-state index is 0.310. The molecule has 18 heavy (non-hydrogen) atoms. The lowest BCUT2D eigenvalue weighted by atomic mass is 9.85. The third-order valence-electron chi connectivity index (χ3n) is 3.39. The lowest BCUT2D eigenvalue weighted by molar-refractivity contribution is -0.142. The minimum Gasteiger partial charge on any atom is -0.481 e. The molecule has 0 atom stereocenters. The molecule has 0 fully saturated rings. The Balaban J connectivity index is 2.77. The van der Waals surface area contributed by atoms with Crippen LogP contribution in [-0.2, 0) is 16.8 Å². The number of nitrogens with zero attached hydrogens (tertiary/aromatic N) is 1. The van der Waals surface area contributed by atoms with Gasteiger partial charge in [-0.3, -0.25) is 4.79 Å². The first-order valence-corrected chi connectivity index (χ1v) is 5.90. The first-order chi connectivity index (χ1) is 8.37. The smallest absolute Gasteiger partial charge is 0.313 e. The predicted octanol–water partition coefficient (Wildman–Crippen LogP) is 3.16. The average Bonchev–Trinajstić information content (AvgIpc) is 2.67. The van der Waals surface area contributed by atoms with Crippen molar-refractivity contribution in [3.8, 4) is 0 Å². The molecule has 4 heteroatoms. The van der Waals surface area contributed by atoms with Crippen LogP contribution >= 0.6 is 0 Å². The fraction of sp³-hybridized carbons (Fsp3) is 0.357. The van der Waals surface area contributed by atoms with E-state index in [1.165, 1.54) is 12.1 Å². The predicted molar refractivity (Wildman–Crippen MR) is 68.2 cm³/mol. The van der Waals surface area contributed by atoms with Crippen LogP contribution < -0.4 is 0 Å². The molecule has 0 amide bonds. The van der Waals surface area contributed by atoms with E-state index in [9.17, 15) is 14.3 Å². The molecule has 1 N–H and O–H groups in total. The van der Waals surface area contributed by atoms with Crippen LogP contribution in [0.3, 0.4) is 0 Å². The van der Waals surface area contributed by atoms with Gasteiger partial charge in [0, 0.05) is 18.1 Å². The maximum Gasteiger partial charge on any atom is 0.313 e. The first-order valence-electron chi connectivity index (χ1n) is 5.90. The van der Waals surface area contributed by atoms with E-state index in [-0.39, 0.29) is 5.82 Å². The maximum absolute atomic E-state index is 13.3. The van der Waals surface area contributed by atoms with E-state index < -0.39 is 11.4 Å². The Kier molecular flexibility index (Phi) is 2.89. The molecule has 96 valence electrons. The van der Waals surface area contributed by atoms with Gasteiger partial charge in [-0.1, -0.05) is 0 Å². The Morgan fingerprint density at radius 3 is 2.67 bits per heavy atom. The zero-order chi connectivity index (χ0) is 13.5. The van der Waals surface area contributed by atoms with Crippen molar-refractivity contribution in [2.75, 3.05) is 0 Å². The zero-order valence-electron chi connectivity index (χ0n) is 10.7. The van der Waals surface area contributed by atoms with Crippen molar-refractivity contribution < 1.29 is 14.3 Å². The van der Waals surface area contributed by atoms with E-state index in [1.807, 2.05) is 11.5 Å². The van der Waals surface area contributed by atoms with E-state index >= 15 is 0 Å². The van der Waals surface area contributed by atoms with Crippen LogP contribution in [0.4, 0.5) is 4.39 Å². The van der Waals surface area contributed by atoms with Gasteiger partial charge in [0.2, 0.25) is 0 Å². The molecule has 0 aliphatic heterocycles. The largest absolute Gasteiger partial charge is 0.481 e. The van der Waals surface area contributed by atoms with Crippen molar-refractivity contribution in [2.24, 2.45) is 0 Å². The lowest BCUT2D eigenvalue weighted by Crippen LogP contribution is -2.28. The molecule has 0 aliphatic carbocycles. The number of fused-ring (bicyclic) bond motifs is 1. The molecule has 1 aromatic heterocycles. The van der Waals surface area contributed by atoms with Crippen LogP contribution in [0.5, 0.6) is 0 Å². The van der Waals surface area contributed by atoms with Crippen molar-refractivity contribution in [2.45, 2.75) is 32.7 Å². The van der Waals surface area contributed by atoms with Crippen LogP contribution in [0.1, 0.15) is 26.3 Å². The van der Waals surface area contributed by atoms with Gasteiger partial charge in [0.05, 0.1) is 10.9 Å². The number of benzene rings is 1. The van der Waals surface area contributed by atoms with Gasteiger partial charge in [-0.15, -0.1) is 0 Å². The van der Waals surface area contributed by atoms with E-state index in [0.29, 0.717) is 12.1 Å². The normalized spacial score (nSPS) is 12.0. The van der Waals surface area contributed by atoms with Crippen molar-refractivity contribution in [1.29, 1.82) is 0 Å². The SMILES string of the molecule is CCn1cc(C(C)(C)C(=O)O)c2ccc(F)cc21. The zero-order valence-corrected chi connectivity index (χ0v) is 10.7. The topological polar surface area (TPSA) is 42.2 Å². The van der Waals surface area contributed by atoms with Crippen molar-refractivity contribution in [3.05, 3.63) is 35.8 Å². The fourth-order valence-electron chi connectivity index (χ4n) is 2.14. The monoisotopic (exact) mass is 249 g/mol. The number of aromatic nitrogens is 1. The Hall–Kier alpha value is -1.84. The molecule has 0 unspecified atom stereocenters. The highest BCUT2D eigenvalue weighted by Crippen LogP contribution is 2.32. The van der Waals surface area contributed by atoms with Gasteiger partial charge in [0.25, 0.3) is 0 Å². The summed E-state index contributed by atoms with van der Waals surface area (Å²) in [6.45, 7) is 5.94. The van der Waals surface area contributed by atoms with Crippen molar-refractivity contribution in [3.63, 3.8) is 0 Å². The molecule has 0 saturated carbocycles. The number of aliphatic carboxylic acids is 1. The third kappa shape index (κ3) is 1.78. The van der Waals surface area contributed by atoms with Gasteiger partial charge in [-0.05, 0) is 44.5 Å². The Morgan fingerprint density at radius 1 is 1.44 bits per heavy atom. The highest BCUT2D eigenvalue weighted by atomic mass is 19.1. The number of aryl methyl sites for hydroxylation is 1. The number of carboxylic acids is 1. The second-order valence-electron chi connectivity index (χ2n) is 4.92. The van der Waals surface area contributed by atoms with E-state index in [1.54, 1.807) is 26.1 Å². The van der Waals surface area contributed by atoms with Crippen LogP contribution in [0.15, 0.2) is 24.4 Å². The molecular formula is C14H16FNO2. The van der Waals surface area contributed by atoms with Gasteiger partial charge in [0.1, 0.15) is 5.82 Å². The van der Waals surface area contributed by atoms with Crippen LogP contribution in [-0.4, -0.2) is 15.6 Å². The van der Waals surface area contributed by atoms with Crippen molar-refractivity contribution in [1.82, 2.24) is 4.57 Å². The van der Waals surface area contributed by atoms with Crippen LogP contribution in [0.2, 0.25) is 0 Å². The number of rotatable bonds is 3. The average molecular weight is 249 g/mol. The summed E-state index contributed by atoms with van der Waals surface area (Å²) < 4.78 is 15.2. The van der Waals surface area contributed by atoms with Crippen LogP contribution in [0.25, 0.3) is 10.9 Å². The van der Waals surface area contributed by atoms with Gasteiger partial charge < -0.3 is 9.67 Å². The Labute approximate surface area is 105 Å². The van der Waals surface area contributed by atoms with Gasteiger partial charge >= 0.3 is 5.97 Å². The molecular weight excluding hydrogens is 233 g/mol. The van der Waals surface area contributed by atoms with Gasteiger partial charge in [-0.25, -0.2) is 4.39 Å². The molecule has 1 heterocycles. The second kappa shape index (κ2) is 4.12. The van der Waals surface area contributed by atoms with E-state index in [4.69, 9.17) is 0 Å². The number of halogens is 1. The highest BCUT2D eigenvalue weighted by Gasteiger charge is 2.32. The second-order valence-corrected chi connectivity index (χ2v) is 4.92. The van der Waals surface area contributed by atoms with Gasteiger partial charge in [-0.2, -0.15) is 0 Å². The molecule has 0 spiro atoms. The molecule has 0 saturated heterocycles. The van der Waals surface area contributed by atoms with E-state index in [0.717, 1.165) is 10.9 Å². The van der Waals surface area contributed by atoms with Gasteiger partial charge in [0.15, 0.2) is 0 Å². The summed E-state index contributed by atoms with van der Waals surface area (Å²) >= 11 is 0. The summed E-state index contributed by atoms with van der Waals surface area (Å²) in [6, 6.07) is 4.46. The molecule has 0 aliphatic rings. The Morgan fingerprint density at radius 2 is 2.11 bits per heavy atom. The summed E-state index contributed by atoms with van der Waals surface area (Å²) in [5.74, 6) is -1.20. The lowest BCUT2D eigenvalue weighted by Gasteiger charge is -2.18. The summed E-state index contributed by atoms with van der Waals surface area (Å²) in [5.41, 5.74) is 0.463. The molecule has 2 aromatic rings. The molecule has 2 rings (SSSR count). The molecule has 1 aromatic carbocycles. The summed E-state index contributed by atoms with van der Waals surface area (Å²) in [7, 11) is 0. The summed E-state index contributed by atoms with van der Waals surface area (Å²) in [4.78, 5) is 11.3. The number of carboxylic acid groups (broad SMARTS) is 1. The minimum atomic E-state index is -0.990. The first kappa shape index (κ1) is 12.6. The number of carbonyl (C=O) groups is 1. The maximum atomic E-state index is 13.3. The number of hydrogen-bond acceptors (Lipinski definition) is 1.